The van der Waals surface area contributed by atoms with Gasteiger partial charge < -0.3 is 9.47 Å². The van der Waals surface area contributed by atoms with E-state index in [1.165, 1.54) is 17.7 Å². The summed E-state index contributed by atoms with van der Waals surface area (Å²) in [7, 11) is 1.83. The van der Waals surface area contributed by atoms with Crippen LogP contribution in [0.2, 0.25) is 0 Å². The molecule has 3 aromatic rings. The predicted octanol–water partition coefficient (Wildman–Crippen LogP) is 5.13. The SMILES string of the molecule is CCc1c(C)c(C(=O)N(C)Cc2ccccc2)n(Cc2cccc(F)c2)c1C. The third kappa shape index (κ3) is 4.01. The van der Waals surface area contributed by atoms with E-state index in [1.54, 1.807) is 11.0 Å². The Morgan fingerprint density at radius 2 is 1.71 bits per heavy atom. The van der Waals surface area contributed by atoms with Crippen LogP contribution in [0.5, 0.6) is 0 Å². The van der Waals surface area contributed by atoms with Gasteiger partial charge in [-0.15, -0.1) is 0 Å². The van der Waals surface area contributed by atoms with Crippen LogP contribution in [0.25, 0.3) is 0 Å². The molecule has 3 rings (SSSR count). The summed E-state index contributed by atoms with van der Waals surface area (Å²) in [5, 5.41) is 0. The molecule has 0 fully saturated rings. The molecule has 0 N–H and O–H groups in total. The minimum atomic E-state index is -0.260. The Kier molecular flexibility index (Phi) is 5.98. The Hall–Kier alpha value is -2.88. The molecule has 0 radical (unpaired) electrons. The summed E-state index contributed by atoms with van der Waals surface area (Å²) in [6.07, 6.45) is 0.858. The first-order valence-corrected chi connectivity index (χ1v) is 9.64. The normalized spacial score (nSPS) is 10.9. The van der Waals surface area contributed by atoms with Gasteiger partial charge in [0.2, 0.25) is 0 Å². The largest absolute Gasteiger partial charge is 0.336 e. The third-order valence-corrected chi connectivity index (χ3v) is 5.31. The molecule has 0 atom stereocenters. The molecule has 0 saturated heterocycles. The molecular formula is C24H27FN2O. The van der Waals surface area contributed by atoms with Crippen molar-refractivity contribution in [3.8, 4) is 0 Å². The second kappa shape index (κ2) is 8.42. The van der Waals surface area contributed by atoms with Gasteiger partial charge in [-0.1, -0.05) is 49.4 Å². The first kappa shape index (κ1) is 19.9. The zero-order chi connectivity index (χ0) is 20.3. The van der Waals surface area contributed by atoms with Crippen molar-refractivity contribution < 1.29 is 9.18 Å². The molecule has 146 valence electrons. The average Bonchev–Trinajstić information content (AvgIpc) is 2.91. The van der Waals surface area contributed by atoms with Gasteiger partial charge in [-0.3, -0.25) is 4.79 Å². The number of carbonyl (C=O) groups excluding carboxylic acids is 1. The smallest absolute Gasteiger partial charge is 0.270 e. The first-order valence-electron chi connectivity index (χ1n) is 9.64. The van der Waals surface area contributed by atoms with E-state index < -0.39 is 0 Å². The molecular weight excluding hydrogens is 351 g/mol. The number of amides is 1. The predicted molar refractivity (Wildman–Crippen MR) is 111 cm³/mol. The number of hydrogen-bond acceptors (Lipinski definition) is 1. The minimum absolute atomic E-state index is 0.0134. The lowest BCUT2D eigenvalue weighted by atomic mass is 10.1. The second-order valence-electron chi connectivity index (χ2n) is 7.25. The number of halogens is 1. The van der Waals surface area contributed by atoms with Crippen molar-refractivity contribution in [1.82, 2.24) is 9.47 Å². The lowest BCUT2D eigenvalue weighted by molar-refractivity contribution is 0.0773. The van der Waals surface area contributed by atoms with E-state index in [9.17, 15) is 9.18 Å². The fraction of sp³-hybridized carbons (Fsp3) is 0.292. The van der Waals surface area contributed by atoms with Gasteiger partial charge in [0.05, 0.1) is 0 Å². The topological polar surface area (TPSA) is 25.2 Å². The van der Waals surface area contributed by atoms with Crippen LogP contribution in [0.4, 0.5) is 4.39 Å². The van der Waals surface area contributed by atoms with Crippen molar-refractivity contribution in [1.29, 1.82) is 0 Å². The highest BCUT2D eigenvalue weighted by Crippen LogP contribution is 2.25. The van der Waals surface area contributed by atoms with Crippen LogP contribution in [-0.2, 0) is 19.5 Å². The van der Waals surface area contributed by atoms with E-state index in [1.807, 2.05) is 61.9 Å². The van der Waals surface area contributed by atoms with E-state index in [0.29, 0.717) is 18.8 Å². The van der Waals surface area contributed by atoms with E-state index in [2.05, 4.69) is 6.92 Å². The number of nitrogens with zero attached hydrogens (tertiary/aromatic N) is 2. The van der Waals surface area contributed by atoms with Crippen molar-refractivity contribution >= 4 is 5.91 Å². The Morgan fingerprint density at radius 3 is 2.36 bits per heavy atom. The highest BCUT2D eigenvalue weighted by atomic mass is 19.1. The summed E-state index contributed by atoms with van der Waals surface area (Å²) in [4.78, 5) is 15.1. The van der Waals surface area contributed by atoms with Crippen molar-refractivity contribution in [3.63, 3.8) is 0 Å². The van der Waals surface area contributed by atoms with Gasteiger partial charge >= 0.3 is 0 Å². The lowest BCUT2D eigenvalue weighted by Gasteiger charge is -2.20. The van der Waals surface area contributed by atoms with Crippen molar-refractivity contribution in [2.45, 2.75) is 40.3 Å². The van der Waals surface area contributed by atoms with Crippen molar-refractivity contribution in [3.05, 3.63) is 94.1 Å². The van der Waals surface area contributed by atoms with Crippen LogP contribution in [-0.4, -0.2) is 22.4 Å². The fourth-order valence-corrected chi connectivity index (χ4v) is 3.87. The summed E-state index contributed by atoms with van der Waals surface area (Å²) >= 11 is 0. The monoisotopic (exact) mass is 378 g/mol. The summed E-state index contributed by atoms with van der Waals surface area (Å²) in [5.74, 6) is -0.274. The Balaban J connectivity index is 1.97. The first-order chi connectivity index (χ1) is 13.4. The van der Waals surface area contributed by atoms with E-state index >= 15 is 0 Å². The number of benzene rings is 2. The summed E-state index contributed by atoms with van der Waals surface area (Å²) in [6.45, 7) is 7.18. The molecule has 0 bridgehead atoms. The molecule has 2 aromatic carbocycles. The average molecular weight is 378 g/mol. The van der Waals surface area contributed by atoms with Gasteiger partial charge in [-0.25, -0.2) is 4.39 Å². The standard InChI is InChI=1S/C24H27FN2O/c1-5-22-17(2)23(24(28)26(4)15-19-10-7-6-8-11-19)27(18(22)3)16-20-12-9-13-21(25)14-20/h6-14H,5,15-16H2,1-4H3. The van der Waals surface area contributed by atoms with E-state index in [-0.39, 0.29) is 11.7 Å². The molecule has 0 unspecified atom stereocenters. The molecule has 0 aliphatic carbocycles. The van der Waals surface area contributed by atoms with E-state index in [0.717, 1.165) is 28.8 Å². The van der Waals surface area contributed by atoms with Gasteiger partial charge in [0.15, 0.2) is 0 Å². The van der Waals surface area contributed by atoms with Crippen LogP contribution in [0.3, 0.4) is 0 Å². The zero-order valence-corrected chi connectivity index (χ0v) is 17.0. The van der Waals surface area contributed by atoms with Crippen LogP contribution in [0, 0.1) is 19.7 Å². The Bertz CT molecular complexity index is 976. The maximum Gasteiger partial charge on any atom is 0.270 e. The van der Waals surface area contributed by atoms with Crippen LogP contribution in [0.15, 0.2) is 54.6 Å². The molecule has 0 aliphatic heterocycles. The second-order valence-corrected chi connectivity index (χ2v) is 7.25. The number of hydrogen-bond donors (Lipinski definition) is 0. The summed E-state index contributed by atoms with van der Waals surface area (Å²) < 4.78 is 15.7. The molecule has 3 nitrogen and oxygen atoms in total. The molecule has 4 heteroatoms. The minimum Gasteiger partial charge on any atom is -0.336 e. The molecule has 1 heterocycles. The quantitative estimate of drug-likeness (QED) is 0.584. The molecule has 28 heavy (non-hydrogen) atoms. The fourth-order valence-electron chi connectivity index (χ4n) is 3.87. The van der Waals surface area contributed by atoms with Crippen molar-refractivity contribution in [2.24, 2.45) is 0 Å². The summed E-state index contributed by atoms with van der Waals surface area (Å²) in [6, 6.07) is 16.5. The van der Waals surface area contributed by atoms with Gasteiger partial charge in [0.1, 0.15) is 11.5 Å². The van der Waals surface area contributed by atoms with Crippen LogP contribution < -0.4 is 0 Å². The number of carbonyl (C=O) groups is 1. The molecule has 0 saturated carbocycles. The zero-order valence-electron chi connectivity index (χ0n) is 17.0. The lowest BCUT2D eigenvalue weighted by Crippen LogP contribution is -2.29. The van der Waals surface area contributed by atoms with Crippen LogP contribution >= 0.6 is 0 Å². The molecule has 1 amide bonds. The molecule has 1 aromatic heterocycles. The Morgan fingerprint density at radius 1 is 1.04 bits per heavy atom. The highest BCUT2D eigenvalue weighted by molar-refractivity contribution is 5.94. The Labute approximate surface area is 166 Å². The van der Waals surface area contributed by atoms with Gasteiger partial charge in [-0.05, 0) is 54.7 Å². The maximum atomic E-state index is 13.7. The summed E-state index contributed by atoms with van der Waals surface area (Å²) in [5.41, 5.74) is 5.90. The van der Waals surface area contributed by atoms with Gasteiger partial charge in [0.25, 0.3) is 5.91 Å². The number of aromatic nitrogens is 1. The maximum absolute atomic E-state index is 13.7. The van der Waals surface area contributed by atoms with Gasteiger partial charge in [0, 0.05) is 25.8 Å². The molecule has 0 aliphatic rings. The van der Waals surface area contributed by atoms with Gasteiger partial charge in [-0.2, -0.15) is 0 Å². The molecule has 0 spiro atoms. The third-order valence-electron chi connectivity index (χ3n) is 5.31. The number of rotatable bonds is 6. The van der Waals surface area contributed by atoms with Crippen molar-refractivity contribution in [2.75, 3.05) is 7.05 Å². The highest BCUT2D eigenvalue weighted by Gasteiger charge is 2.24. The van der Waals surface area contributed by atoms with E-state index in [4.69, 9.17) is 0 Å². The van der Waals surface area contributed by atoms with Crippen LogP contribution in [0.1, 0.15) is 45.4 Å².